The van der Waals surface area contributed by atoms with Crippen LogP contribution in [0.1, 0.15) is 17.5 Å². The Bertz CT molecular complexity index is 501. The van der Waals surface area contributed by atoms with Crippen molar-refractivity contribution in [2.75, 3.05) is 11.5 Å². The molecule has 2 aromatic rings. The quantitative estimate of drug-likeness (QED) is 0.779. The van der Waals surface area contributed by atoms with Gasteiger partial charge in [-0.05, 0) is 24.0 Å². The Labute approximate surface area is 124 Å². The highest BCUT2D eigenvalue weighted by molar-refractivity contribution is 8.20. The van der Waals surface area contributed by atoms with Crippen LogP contribution in [0.25, 0.3) is 0 Å². The van der Waals surface area contributed by atoms with E-state index in [1.807, 2.05) is 0 Å². The fourth-order valence-electron chi connectivity index (χ4n) is 2.56. The van der Waals surface area contributed by atoms with Crippen LogP contribution in [-0.2, 0) is 10.5 Å². The second kappa shape index (κ2) is 6.06. The fourth-order valence-corrected chi connectivity index (χ4v) is 5.81. The number of aryl methyl sites for hydroxylation is 1. The Hall–Kier alpha value is -0.860. The molecule has 2 aromatic carbocycles. The first-order chi connectivity index (χ1) is 9.39. The van der Waals surface area contributed by atoms with Crippen LogP contribution < -0.4 is 0 Å². The molecule has 0 radical (unpaired) electrons. The summed E-state index contributed by atoms with van der Waals surface area (Å²) in [6, 6.07) is 21.9. The monoisotopic (exact) mass is 286 g/mol. The summed E-state index contributed by atoms with van der Waals surface area (Å²) < 4.78 is 0.275. The zero-order valence-electron chi connectivity index (χ0n) is 10.9. The average Bonchev–Trinajstić information content (AvgIpc) is 2.97. The average molecular weight is 286 g/mol. The molecular weight excluding hydrogens is 268 g/mol. The van der Waals surface area contributed by atoms with Gasteiger partial charge in [0.1, 0.15) is 0 Å². The lowest BCUT2D eigenvalue weighted by molar-refractivity contribution is 0.760. The molecule has 3 rings (SSSR count). The molecule has 0 aliphatic carbocycles. The van der Waals surface area contributed by atoms with E-state index in [2.05, 4.69) is 84.2 Å². The smallest absolute Gasteiger partial charge is 0.0863 e. The summed E-state index contributed by atoms with van der Waals surface area (Å²) in [6.45, 7) is 0. The minimum Gasteiger partial charge on any atom is -0.139 e. The van der Waals surface area contributed by atoms with Gasteiger partial charge in [-0.2, -0.15) is 0 Å². The highest BCUT2D eigenvalue weighted by Crippen LogP contribution is 2.54. The summed E-state index contributed by atoms with van der Waals surface area (Å²) in [6.07, 6.45) is 2.38. The lowest BCUT2D eigenvalue weighted by atomic mass is 10.0. The number of hydrogen-bond donors (Lipinski definition) is 0. The predicted molar refractivity (Wildman–Crippen MR) is 87.8 cm³/mol. The van der Waals surface area contributed by atoms with E-state index in [1.54, 1.807) is 0 Å². The SMILES string of the molecule is c1ccc(CCC2(c3ccccc3)SCCS2)cc1. The van der Waals surface area contributed by atoms with Crippen molar-refractivity contribution in [1.29, 1.82) is 0 Å². The third-order valence-electron chi connectivity index (χ3n) is 3.55. The molecule has 1 saturated heterocycles. The molecule has 0 unspecified atom stereocenters. The van der Waals surface area contributed by atoms with E-state index in [9.17, 15) is 0 Å². The number of benzene rings is 2. The molecule has 1 heterocycles. The molecule has 1 aliphatic heterocycles. The molecule has 98 valence electrons. The van der Waals surface area contributed by atoms with Crippen LogP contribution in [0.15, 0.2) is 60.7 Å². The molecule has 0 N–H and O–H groups in total. The van der Waals surface area contributed by atoms with Gasteiger partial charge < -0.3 is 0 Å². The Morgan fingerprint density at radius 2 is 1.37 bits per heavy atom. The maximum absolute atomic E-state index is 2.29. The van der Waals surface area contributed by atoms with Crippen LogP contribution in [0.2, 0.25) is 0 Å². The third-order valence-corrected chi connectivity index (χ3v) is 7.15. The van der Waals surface area contributed by atoms with Crippen molar-refractivity contribution < 1.29 is 0 Å². The minimum absolute atomic E-state index is 0.275. The Morgan fingerprint density at radius 3 is 2.00 bits per heavy atom. The molecule has 0 amide bonds. The van der Waals surface area contributed by atoms with Crippen LogP contribution in [0, 0.1) is 0 Å². The summed E-state index contributed by atoms with van der Waals surface area (Å²) in [7, 11) is 0. The Kier molecular flexibility index (Phi) is 4.19. The molecule has 0 nitrogen and oxygen atoms in total. The molecule has 0 spiro atoms. The largest absolute Gasteiger partial charge is 0.139 e. The van der Waals surface area contributed by atoms with Gasteiger partial charge in [-0.25, -0.2) is 0 Å². The molecule has 2 heteroatoms. The van der Waals surface area contributed by atoms with Crippen molar-refractivity contribution >= 4 is 23.5 Å². The zero-order valence-corrected chi connectivity index (χ0v) is 12.6. The van der Waals surface area contributed by atoms with E-state index in [1.165, 1.54) is 29.1 Å². The highest BCUT2D eigenvalue weighted by atomic mass is 32.2. The van der Waals surface area contributed by atoms with E-state index >= 15 is 0 Å². The van der Waals surface area contributed by atoms with Crippen molar-refractivity contribution in [2.45, 2.75) is 16.9 Å². The molecule has 1 aliphatic rings. The van der Waals surface area contributed by atoms with Crippen LogP contribution in [0.5, 0.6) is 0 Å². The Balaban J connectivity index is 1.78. The molecule has 19 heavy (non-hydrogen) atoms. The van der Waals surface area contributed by atoms with E-state index in [-0.39, 0.29) is 4.08 Å². The topological polar surface area (TPSA) is 0 Å². The van der Waals surface area contributed by atoms with Crippen molar-refractivity contribution in [3.05, 3.63) is 71.8 Å². The second-order valence-corrected chi connectivity index (χ2v) is 7.85. The maximum Gasteiger partial charge on any atom is 0.0863 e. The van der Waals surface area contributed by atoms with Gasteiger partial charge in [0.2, 0.25) is 0 Å². The molecule has 0 saturated carbocycles. The van der Waals surface area contributed by atoms with Crippen molar-refractivity contribution in [3.8, 4) is 0 Å². The normalized spacial score (nSPS) is 17.5. The molecule has 0 aromatic heterocycles. The van der Waals surface area contributed by atoms with Gasteiger partial charge in [0, 0.05) is 11.5 Å². The van der Waals surface area contributed by atoms with Crippen molar-refractivity contribution in [3.63, 3.8) is 0 Å². The predicted octanol–water partition coefficient (Wildman–Crippen LogP) is 4.95. The zero-order chi connectivity index (χ0) is 13.0. The van der Waals surface area contributed by atoms with Crippen LogP contribution in [0.4, 0.5) is 0 Å². The van der Waals surface area contributed by atoms with Crippen molar-refractivity contribution in [2.24, 2.45) is 0 Å². The fraction of sp³-hybridized carbons (Fsp3) is 0.294. The first-order valence-corrected chi connectivity index (χ1v) is 8.74. The van der Waals surface area contributed by atoms with Crippen LogP contribution >= 0.6 is 23.5 Å². The van der Waals surface area contributed by atoms with E-state index in [0.717, 1.165) is 6.42 Å². The summed E-state index contributed by atoms with van der Waals surface area (Å²) >= 11 is 4.25. The highest BCUT2D eigenvalue weighted by Gasteiger charge is 2.36. The lowest BCUT2D eigenvalue weighted by Gasteiger charge is -2.28. The van der Waals surface area contributed by atoms with Crippen LogP contribution in [-0.4, -0.2) is 11.5 Å². The second-order valence-electron chi connectivity index (χ2n) is 4.80. The summed E-state index contributed by atoms with van der Waals surface area (Å²) in [4.78, 5) is 0. The van der Waals surface area contributed by atoms with Gasteiger partial charge in [-0.3, -0.25) is 0 Å². The lowest BCUT2D eigenvalue weighted by Crippen LogP contribution is -2.15. The standard InChI is InChI=1S/C17H18S2/c1-3-7-15(8-4-1)11-12-17(18-13-14-19-17)16-9-5-2-6-10-16/h1-10H,11-14H2. The van der Waals surface area contributed by atoms with Gasteiger partial charge in [-0.1, -0.05) is 60.7 Å². The Morgan fingerprint density at radius 1 is 0.789 bits per heavy atom. The molecule has 0 bridgehead atoms. The summed E-state index contributed by atoms with van der Waals surface area (Å²) in [5, 5.41) is 0. The van der Waals surface area contributed by atoms with Crippen molar-refractivity contribution in [1.82, 2.24) is 0 Å². The number of rotatable bonds is 4. The molecular formula is C17H18S2. The van der Waals surface area contributed by atoms with Gasteiger partial charge >= 0.3 is 0 Å². The first-order valence-electron chi connectivity index (χ1n) is 6.76. The first kappa shape index (κ1) is 13.1. The van der Waals surface area contributed by atoms with E-state index in [0.29, 0.717) is 0 Å². The summed E-state index contributed by atoms with van der Waals surface area (Å²) in [5.74, 6) is 2.54. The molecule has 0 atom stereocenters. The maximum atomic E-state index is 2.29. The van der Waals surface area contributed by atoms with Gasteiger partial charge in [0.25, 0.3) is 0 Å². The van der Waals surface area contributed by atoms with Gasteiger partial charge in [0.05, 0.1) is 4.08 Å². The van der Waals surface area contributed by atoms with Crippen LogP contribution in [0.3, 0.4) is 0 Å². The number of thioether (sulfide) groups is 2. The van der Waals surface area contributed by atoms with E-state index in [4.69, 9.17) is 0 Å². The van der Waals surface area contributed by atoms with Gasteiger partial charge in [-0.15, -0.1) is 23.5 Å². The summed E-state index contributed by atoms with van der Waals surface area (Å²) in [5.41, 5.74) is 2.93. The molecule has 1 fully saturated rings. The van der Waals surface area contributed by atoms with E-state index < -0.39 is 0 Å². The van der Waals surface area contributed by atoms with Gasteiger partial charge in [0.15, 0.2) is 0 Å². The third kappa shape index (κ3) is 3.01. The number of hydrogen-bond acceptors (Lipinski definition) is 2. The minimum atomic E-state index is 0.275.